The maximum atomic E-state index is 13.7. The molecule has 3 N–H and O–H groups in total. The number of rotatable bonds is 7. The number of nitrogens with zero attached hydrogens (tertiary/aromatic N) is 1. The molecule has 0 saturated carbocycles. The van der Waals surface area contributed by atoms with Crippen LogP contribution in [0.5, 0.6) is 0 Å². The second-order valence-electron chi connectivity index (χ2n) is 9.07. The van der Waals surface area contributed by atoms with Gasteiger partial charge in [0.25, 0.3) is 0 Å². The third-order valence-corrected chi connectivity index (χ3v) is 6.42. The Morgan fingerprint density at radius 2 is 1.36 bits per heavy atom. The van der Waals surface area contributed by atoms with Crippen molar-refractivity contribution in [3.63, 3.8) is 0 Å². The third kappa shape index (κ3) is 5.57. The van der Waals surface area contributed by atoms with Gasteiger partial charge in [-0.25, -0.2) is 0 Å². The summed E-state index contributed by atoms with van der Waals surface area (Å²) in [5.41, 5.74) is -0.232. The molecule has 0 fully saturated rings. The van der Waals surface area contributed by atoms with Gasteiger partial charge in [-0.15, -0.1) is 0 Å². The van der Waals surface area contributed by atoms with Gasteiger partial charge < -0.3 is 25.0 Å². The van der Waals surface area contributed by atoms with Gasteiger partial charge in [0.15, 0.2) is 0 Å². The van der Waals surface area contributed by atoms with Crippen molar-refractivity contribution in [3.05, 3.63) is 82.2 Å². The zero-order valence-corrected chi connectivity index (χ0v) is 22.5. The van der Waals surface area contributed by atoms with Crippen LogP contribution in [-0.2, 0) is 42.5 Å². The average molecular weight is 583 g/mol. The first kappa shape index (κ1) is 30.2. The van der Waals surface area contributed by atoms with Crippen molar-refractivity contribution in [3.8, 4) is 23.0 Å². The molecule has 2 aromatic carbocycles. The van der Waals surface area contributed by atoms with Gasteiger partial charge in [0.1, 0.15) is 0 Å². The number of pyridine rings is 1. The Morgan fingerprint density at radius 1 is 0.833 bits per heavy atom. The number of esters is 2. The molecule has 1 aliphatic rings. The fraction of sp³-hybridized carbons (Fsp3) is 0.267. The van der Waals surface area contributed by atoms with Crippen LogP contribution >= 0.6 is 0 Å². The number of fused-ring (bicyclic) bond motifs is 3. The SMILES string of the molecule is CCOC(=O)C1(C(=O)OCC)c2cc(C#Cc3cc(CO)nc(CO)c3)ccc2-c2ccc(NC(=O)C(F)(F)F)cc21. The highest BCUT2D eigenvalue weighted by Gasteiger charge is 2.58. The highest BCUT2D eigenvalue weighted by Crippen LogP contribution is 2.51. The number of nitrogens with one attached hydrogen (secondary N) is 1. The van der Waals surface area contributed by atoms with E-state index in [0.29, 0.717) is 33.6 Å². The van der Waals surface area contributed by atoms with Crippen LogP contribution in [0.1, 0.15) is 47.5 Å². The largest absolute Gasteiger partial charge is 0.471 e. The molecule has 1 amide bonds. The molecule has 0 atom stereocenters. The van der Waals surface area contributed by atoms with E-state index in [9.17, 15) is 37.8 Å². The lowest BCUT2D eigenvalue weighted by atomic mass is 9.77. The zero-order chi connectivity index (χ0) is 30.7. The summed E-state index contributed by atoms with van der Waals surface area (Å²) in [6.45, 7) is 2.10. The Bertz CT molecular complexity index is 1580. The number of aliphatic hydroxyl groups is 2. The number of ether oxygens (including phenoxy) is 2. The van der Waals surface area contributed by atoms with Crippen LogP contribution < -0.4 is 5.32 Å². The lowest BCUT2D eigenvalue weighted by molar-refractivity contribution is -0.167. The second kappa shape index (κ2) is 12.0. The minimum atomic E-state index is -5.17. The Kier molecular flexibility index (Phi) is 8.65. The molecule has 0 aliphatic heterocycles. The number of carbonyl (C=O) groups excluding carboxylic acids is 3. The maximum absolute atomic E-state index is 13.7. The molecular weight excluding hydrogens is 557 g/mol. The van der Waals surface area contributed by atoms with Crippen molar-refractivity contribution in [2.75, 3.05) is 18.5 Å². The van der Waals surface area contributed by atoms with E-state index < -0.39 is 29.4 Å². The zero-order valence-electron chi connectivity index (χ0n) is 22.5. The van der Waals surface area contributed by atoms with Crippen molar-refractivity contribution in [2.45, 2.75) is 38.7 Å². The molecule has 0 radical (unpaired) electrons. The number of carbonyl (C=O) groups is 3. The van der Waals surface area contributed by atoms with Crippen molar-refractivity contribution >= 4 is 23.5 Å². The molecule has 3 aromatic rings. The van der Waals surface area contributed by atoms with Crippen LogP contribution in [0.25, 0.3) is 11.1 Å². The van der Waals surface area contributed by atoms with E-state index in [1.807, 2.05) is 0 Å². The van der Waals surface area contributed by atoms with Gasteiger partial charge in [0.05, 0.1) is 37.8 Å². The summed E-state index contributed by atoms with van der Waals surface area (Å²) < 4.78 is 49.5. The molecule has 0 saturated heterocycles. The van der Waals surface area contributed by atoms with Gasteiger partial charge in [-0.3, -0.25) is 19.4 Å². The van der Waals surface area contributed by atoms with E-state index in [2.05, 4.69) is 16.8 Å². The van der Waals surface area contributed by atoms with Gasteiger partial charge in [-0.1, -0.05) is 24.0 Å². The quantitative estimate of drug-likeness (QED) is 0.219. The van der Waals surface area contributed by atoms with Crippen molar-refractivity contribution < 1.29 is 47.2 Å². The average Bonchev–Trinajstić information content (AvgIpc) is 3.25. The molecule has 42 heavy (non-hydrogen) atoms. The van der Waals surface area contributed by atoms with Gasteiger partial charge in [0, 0.05) is 16.8 Å². The molecule has 9 nitrogen and oxygen atoms in total. The van der Waals surface area contributed by atoms with Crippen molar-refractivity contribution in [2.24, 2.45) is 0 Å². The molecule has 4 rings (SSSR count). The number of alkyl halides is 3. The van der Waals surface area contributed by atoms with Crippen LogP contribution in [0.3, 0.4) is 0 Å². The predicted molar refractivity (Wildman–Crippen MR) is 143 cm³/mol. The lowest BCUT2D eigenvalue weighted by Crippen LogP contribution is -2.46. The minimum Gasteiger partial charge on any atom is -0.465 e. The Hall–Kier alpha value is -4.73. The van der Waals surface area contributed by atoms with Crippen LogP contribution in [-0.4, -0.2) is 52.4 Å². The van der Waals surface area contributed by atoms with Crippen LogP contribution in [0.15, 0.2) is 48.5 Å². The Labute approximate surface area is 238 Å². The summed E-state index contributed by atoms with van der Waals surface area (Å²) in [6.07, 6.45) is -5.17. The summed E-state index contributed by atoms with van der Waals surface area (Å²) in [6, 6.07) is 11.6. The van der Waals surface area contributed by atoms with Crippen molar-refractivity contribution in [1.29, 1.82) is 0 Å². The lowest BCUT2D eigenvalue weighted by Gasteiger charge is -2.27. The number of hydrogen-bond donors (Lipinski definition) is 3. The summed E-state index contributed by atoms with van der Waals surface area (Å²) in [5.74, 6) is 1.58. The van der Waals surface area contributed by atoms with E-state index in [-0.39, 0.29) is 43.2 Å². The summed E-state index contributed by atoms with van der Waals surface area (Å²) >= 11 is 0. The number of hydrogen-bond acceptors (Lipinski definition) is 8. The molecule has 218 valence electrons. The van der Waals surface area contributed by atoms with E-state index in [0.717, 1.165) is 6.07 Å². The summed E-state index contributed by atoms with van der Waals surface area (Å²) in [7, 11) is 0. The second-order valence-corrected chi connectivity index (χ2v) is 9.07. The minimum absolute atomic E-state index is 0.0196. The highest BCUT2D eigenvalue weighted by molar-refractivity contribution is 6.16. The van der Waals surface area contributed by atoms with Gasteiger partial charge in [0.2, 0.25) is 5.41 Å². The predicted octanol–water partition coefficient (Wildman–Crippen LogP) is 3.36. The molecule has 1 aromatic heterocycles. The van der Waals surface area contributed by atoms with E-state index >= 15 is 0 Å². The van der Waals surface area contributed by atoms with E-state index in [4.69, 9.17) is 9.47 Å². The maximum Gasteiger partial charge on any atom is 0.471 e. The first-order valence-corrected chi connectivity index (χ1v) is 12.7. The van der Waals surface area contributed by atoms with Crippen LogP contribution in [0.4, 0.5) is 18.9 Å². The molecular formula is C30H25F3N2O7. The third-order valence-electron chi connectivity index (χ3n) is 6.42. The standard InChI is InChI=1S/C30H25F3N2O7/c1-3-41-27(39)29(28(40)42-4-2)24-13-17(5-6-18-11-20(15-36)34-21(12-18)16-37)7-9-22(24)23-10-8-19(14-25(23)29)35-26(38)30(31,32)33/h7-14,36-37H,3-4,15-16H2,1-2H3,(H,35,38). The Balaban J connectivity index is 1.91. The smallest absolute Gasteiger partial charge is 0.465 e. The highest BCUT2D eigenvalue weighted by atomic mass is 19.4. The van der Waals surface area contributed by atoms with E-state index in [1.165, 1.54) is 44.2 Å². The van der Waals surface area contributed by atoms with Crippen LogP contribution in [0.2, 0.25) is 0 Å². The van der Waals surface area contributed by atoms with Gasteiger partial charge >= 0.3 is 24.0 Å². The molecule has 0 bridgehead atoms. The number of aliphatic hydroxyl groups excluding tert-OH is 2. The van der Waals surface area contributed by atoms with Gasteiger partial charge in [-0.05, 0) is 72.5 Å². The van der Waals surface area contributed by atoms with Gasteiger partial charge in [-0.2, -0.15) is 13.2 Å². The molecule has 0 spiro atoms. The number of halogens is 3. The number of aromatic nitrogens is 1. The molecule has 0 unspecified atom stereocenters. The fourth-order valence-corrected chi connectivity index (χ4v) is 4.71. The first-order valence-electron chi connectivity index (χ1n) is 12.7. The Morgan fingerprint density at radius 3 is 1.88 bits per heavy atom. The van der Waals surface area contributed by atoms with E-state index in [1.54, 1.807) is 17.4 Å². The number of amides is 1. The monoisotopic (exact) mass is 582 g/mol. The fourth-order valence-electron chi connectivity index (χ4n) is 4.71. The summed E-state index contributed by atoms with van der Waals surface area (Å²) in [4.78, 5) is 43.0. The topological polar surface area (TPSA) is 135 Å². The molecule has 1 heterocycles. The summed E-state index contributed by atoms with van der Waals surface area (Å²) in [5, 5.41) is 20.7. The van der Waals surface area contributed by atoms with Crippen LogP contribution in [0, 0.1) is 11.8 Å². The molecule has 12 heteroatoms. The van der Waals surface area contributed by atoms with Crippen molar-refractivity contribution in [1.82, 2.24) is 4.98 Å². The molecule has 1 aliphatic carbocycles. The number of benzene rings is 2. The normalized spacial score (nSPS) is 12.8. The number of anilines is 1. The first-order chi connectivity index (χ1) is 20.0.